The third kappa shape index (κ3) is 3.83. The van der Waals surface area contributed by atoms with Crippen LogP contribution in [0.5, 0.6) is 5.75 Å². The number of hydrogen-bond acceptors (Lipinski definition) is 3. The van der Waals surface area contributed by atoms with Crippen LogP contribution in [0, 0.1) is 17.8 Å². The minimum atomic E-state index is 0.0957. The summed E-state index contributed by atoms with van der Waals surface area (Å²) in [5.41, 5.74) is 1.82. The molecule has 138 valence electrons. The molecule has 0 saturated heterocycles. The van der Waals surface area contributed by atoms with Gasteiger partial charge >= 0.3 is 163 Å². The summed E-state index contributed by atoms with van der Waals surface area (Å²) in [7, 11) is 1.69. The van der Waals surface area contributed by atoms with Crippen molar-refractivity contribution in [2.75, 3.05) is 27.1 Å². The Kier molecular flexibility index (Phi) is 5.81. The van der Waals surface area contributed by atoms with Crippen molar-refractivity contribution in [3.8, 4) is 5.75 Å². The minimum absolute atomic E-state index is 0.0957. The molecule has 1 aromatic rings. The van der Waals surface area contributed by atoms with E-state index in [2.05, 4.69) is 31.9 Å². The molecule has 4 aliphatic carbocycles. The molecule has 0 aliphatic heterocycles. The molecule has 0 spiro atoms. The summed E-state index contributed by atoms with van der Waals surface area (Å²) in [5, 5.41) is 0. The van der Waals surface area contributed by atoms with Gasteiger partial charge < -0.3 is 0 Å². The van der Waals surface area contributed by atoms with Gasteiger partial charge in [0.1, 0.15) is 0 Å². The summed E-state index contributed by atoms with van der Waals surface area (Å²) in [5.74, 6) is 3.91. The SMILES string of the molecule is COCCOCOc1cc([SeH]=[Se])ccc1C12CC3CC(CC(C3)C1)C2. The van der Waals surface area contributed by atoms with Crippen molar-refractivity contribution in [1.29, 1.82) is 0 Å². The third-order valence-corrected chi connectivity index (χ3v) is 9.73. The quantitative estimate of drug-likeness (QED) is 0.329. The summed E-state index contributed by atoms with van der Waals surface area (Å²) in [6.45, 7) is 1.51. The van der Waals surface area contributed by atoms with Crippen LogP contribution in [0.2, 0.25) is 0 Å². The molecule has 4 aliphatic rings. The second kappa shape index (κ2) is 7.92. The van der Waals surface area contributed by atoms with Crippen LogP contribution >= 0.6 is 0 Å². The molecule has 1 aromatic carbocycles. The zero-order valence-corrected chi connectivity index (χ0v) is 18.5. The summed E-state index contributed by atoms with van der Waals surface area (Å²) >= 11 is 3.31. The monoisotopic (exact) mass is 476 g/mol. The zero-order chi connectivity index (χ0) is 17.3. The van der Waals surface area contributed by atoms with Gasteiger partial charge in [-0.25, -0.2) is 0 Å². The van der Waals surface area contributed by atoms with Gasteiger partial charge in [0.2, 0.25) is 0 Å². The average Bonchev–Trinajstić information content (AvgIpc) is 2.60. The van der Waals surface area contributed by atoms with E-state index >= 15 is 0 Å². The predicted octanol–water partition coefficient (Wildman–Crippen LogP) is 2.30. The van der Waals surface area contributed by atoms with Crippen LogP contribution in [0.4, 0.5) is 0 Å². The molecule has 3 nitrogen and oxygen atoms in total. The van der Waals surface area contributed by atoms with Crippen LogP contribution < -0.4 is 9.20 Å². The van der Waals surface area contributed by atoms with E-state index in [1.165, 1.54) is 48.6 Å². The molecule has 0 atom stereocenters. The molecule has 4 saturated carbocycles. The second-order valence-corrected chi connectivity index (χ2v) is 11.6. The molecule has 5 heteroatoms. The van der Waals surface area contributed by atoms with Crippen molar-refractivity contribution < 1.29 is 14.2 Å². The predicted molar refractivity (Wildman–Crippen MR) is 102 cm³/mol. The van der Waals surface area contributed by atoms with Crippen LogP contribution in [0.3, 0.4) is 0 Å². The number of hydrogen-bond donors (Lipinski definition) is 0. The van der Waals surface area contributed by atoms with Gasteiger partial charge in [-0.2, -0.15) is 0 Å². The van der Waals surface area contributed by atoms with E-state index in [1.54, 1.807) is 7.11 Å². The summed E-state index contributed by atoms with van der Waals surface area (Å²) in [6.07, 6.45) is 8.52. The molecule has 4 fully saturated rings. The first-order valence-corrected chi connectivity index (χ1v) is 15.1. The van der Waals surface area contributed by atoms with Gasteiger partial charge in [0.05, 0.1) is 0 Å². The van der Waals surface area contributed by atoms with Crippen molar-refractivity contribution in [3.05, 3.63) is 23.8 Å². The molecule has 0 radical (unpaired) electrons. The molecule has 0 N–H and O–H groups in total. The standard InChI is InChI=1S/C20H28O3Se2/c1-21-4-5-22-13-23-19-9-17(25-24)2-3-18(19)20-10-14-6-15(11-20)8-16(7-14)12-20/h2-3,9,14-16,25H,4-8,10-13H2,1H3. The first-order valence-electron chi connectivity index (χ1n) is 9.40. The first kappa shape index (κ1) is 18.3. The molecule has 5 rings (SSSR count). The van der Waals surface area contributed by atoms with Gasteiger partial charge in [-0.15, -0.1) is 0 Å². The zero-order valence-electron chi connectivity index (χ0n) is 14.9. The molecule has 0 aromatic heterocycles. The van der Waals surface area contributed by atoms with Gasteiger partial charge in [0.25, 0.3) is 0 Å². The Hall–Kier alpha value is -0.0210. The Morgan fingerprint density at radius 2 is 1.76 bits per heavy atom. The Morgan fingerprint density at radius 3 is 2.36 bits per heavy atom. The first-order chi connectivity index (χ1) is 12.2. The molecular weight excluding hydrogens is 446 g/mol. The van der Waals surface area contributed by atoms with Crippen molar-refractivity contribution in [3.63, 3.8) is 0 Å². The fourth-order valence-electron chi connectivity index (χ4n) is 5.87. The van der Waals surface area contributed by atoms with E-state index in [-0.39, 0.29) is 12.6 Å². The summed E-state index contributed by atoms with van der Waals surface area (Å²) in [4.78, 5) is 0. The second-order valence-electron chi connectivity index (χ2n) is 8.13. The van der Waals surface area contributed by atoms with Gasteiger partial charge in [0.15, 0.2) is 0 Å². The Bertz CT molecular complexity index is 596. The molecule has 0 heterocycles. The average molecular weight is 474 g/mol. The number of benzene rings is 1. The fraction of sp³-hybridized carbons (Fsp3) is 0.700. The van der Waals surface area contributed by atoms with Crippen LogP contribution in [0.15, 0.2) is 18.2 Å². The Labute approximate surface area is 163 Å². The fourth-order valence-corrected chi connectivity index (χ4v) is 7.75. The third-order valence-electron chi connectivity index (χ3n) is 6.41. The van der Waals surface area contributed by atoms with Crippen LogP contribution in [0.25, 0.3) is 0 Å². The van der Waals surface area contributed by atoms with Crippen molar-refractivity contribution in [2.45, 2.75) is 43.9 Å². The van der Waals surface area contributed by atoms with Crippen LogP contribution in [0.1, 0.15) is 44.1 Å². The number of ether oxygens (including phenoxy) is 3. The molecular formula is C20H28O3Se2. The van der Waals surface area contributed by atoms with Gasteiger partial charge in [0, 0.05) is 0 Å². The van der Waals surface area contributed by atoms with E-state index in [0.717, 1.165) is 23.5 Å². The molecule has 0 amide bonds. The van der Waals surface area contributed by atoms with E-state index in [1.807, 2.05) is 0 Å². The van der Waals surface area contributed by atoms with Crippen LogP contribution in [-0.4, -0.2) is 53.4 Å². The maximum absolute atomic E-state index is 6.14. The summed E-state index contributed by atoms with van der Waals surface area (Å²) < 4.78 is 18.1. The molecule has 0 unspecified atom stereocenters. The van der Waals surface area contributed by atoms with Gasteiger partial charge in [-0.05, 0) is 0 Å². The Balaban J connectivity index is 1.57. The van der Waals surface area contributed by atoms with E-state index < -0.39 is 0 Å². The van der Waals surface area contributed by atoms with Crippen molar-refractivity contribution in [2.24, 2.45) is 17.8 Å². The van der Waals surface area contributed by atoms with Crippen molar-refractivity contribution >= 4 is 30.7 Å². The van der Waals surface area contributed by atoms with E-state index in [0.29, 0.717) is 25.4 Å². The normalized spacial score (nSPS) is 32.9. The summed E-state index contributed by atoms with van der Waals surface area (Å²) in [6, 6.07) is 6.97. The van der Waals surface area contributed by atoms with Gasteiger partial charge in [-0.1, -0.05) is 0 Å². The number of methoxy groups -OCH3 is 1. The Morgan fingerprint density at radius 1 is 1.08 bits per heavy atom. The maximum atomic E-state index is 6.14. The molecule has 4 bridgehead atoms. The van der Waals surface area contributed by atoms with Gasteiger partial charge in [-0.3, -0.25) is 0 Å². The van der Waals surface area contributed by atoms with E-state index in [9.17, 15) is 0 Å². The van der Waals surface area contributed by atoms with E-state index in [4.69, 9.17) is 14.2 Å². The topological polar surface area (TPSA) is 27.7 Å². The number of rotatable bonds is 8. The van der Waals surface area contributed by atoms with Crippen LogP contribution in [-0.2, 0) is 14.9 Å². The van der Waals surface area contributed by atoms with Crippen molar-refractivity contribution in [1.82, 2.24) is 0 Å². The molecule has 25 heavy (non-hydrogen) atoms.